The third-order valence-electron chi connectivity index (χ3n) is 8.41. The molecule has 4 atom stereocenters. The number of fused-ring (bicyclic) bond motifs is 2. The molecule has 3 aliphatic rings. The molecule has 2 N–H and O–H groups in total. The van der Waals surface area contributed by atoms with Crippen molar-refractivity contribution in [3.05, 3.63) is 71.8 Å². The number of likely N-dealkylation sites (tertiary alicyclic amines) is 1. The molecule has 2 saturated carbocycles. The zero-order chi connectivity index (χ0) is 23.8. The Morgan fingerprint density at radius 1 is 1.00 bits per heavy atom. The minimum atomic E-state index is -2.83. The summed E-state index contributed by atoms with van der Waals surface area (Å²) in [7, 11) is 0. The monoisotopic (exact) mass is 468 g/mol. The van der Waals surface area contributed by atoms with E-state index < -0.39 is 29.8 Å². The highest BCUT2D eigenvalue weighted by Crippen LogP contribution is 2.48. The van der Waals surface area contributed by atoms with Crippen LogP contribution in [0.25, 0.3) is 0 Å². The second kappa shape index (κ2) is 9.38. The second-order valence-electron chi connectivity index (χ2n) is 10.6. The first-order chi connectivity index (χ1) is 16.3. The molecule has 0 aromatic heterocycles. The van der Waals surface area contributed by atoms with Gasteiger partial charge in [0, 0.05) is 44.9 Å². The van der Waals surface area contributed by atoms with Gasteiger partial charge >= 0.3 is 0 Å². The van der Waals surface area contributed by atoms with Gasteiger partial charge in [0.05, 0.1) is 0 Å². The van der Waals surface area contributed by atoms with Crippen LogP contribution in [0.4, 0.5) is 8.78 Å². The highest BCUT2D eigenvalue weighted by Gasteiger charge is 2.53. The van der Waals surface area contributed by atoms with E-state index in [4.69, 9.17) is 0 Å². The minimum Gasteiger partial charge on any atom is -0.375 e. The number of halogens is 2. The summed E-state index contributed by atoms with van der Waals surface area (Å²) in [5.74, 6) is -2.80. The van der Waals surface area contributed by atoms with Crippen LogP contribution in [0, 0.1) is 23.7 Å². The van der Waals surface area contributed by atoms with Gasteiger partial charge in [-0.25, -0.2) is 8.78 Å². The topological polar surface area (TPSA) is 52.6 Å². The van der Waals surface area contributed by atoms with Crippen LogP contribution in [0.15, 0.2) is 60.7 Å². The van der Waals surface area contributed by atoms with Crippen molar-refractivity contribution in [1.82, 2.24) is 10.2 Å². The molecular formula is C28H34F2N2O2. The smallest absolute Gasteiger partial charge is 0.256 e. The minimum absolute atomic E-state index is 0.134. The van der Waals surface area contributed by atoms with Gasteiger partial charge in [0.1, 0.15) is 0 Å². The third kappa shape index (κ3) is 4.63. The molecule has 1 saturated heterocycles. The fourth-order valence-corrected chi connectivity index (χ4v) is 6.63. The molecule has 1 amide bonds. The van der Waals surface area contributed by atoms with E-state index in [0.717, 1.165) is 32.5 Å². The molecule has 0 spiro atoms. The van der Waals surface area contributed by atoms with Gasteiger partial charge < -0.3 is 10.4 Å². The molecule has 0 radical (unpaired) electrons. The molecule has 2 aliphatic carbocycles. The van der Waals surface area contributed by atoms with Gasteiger partial charge in [-0.1, -0.05) is 60.7 Å². The molecule has 2 aromatic carbocycles. The third-order valence-corrected chi connectivity index (χ3v) is 8.41. The van der Waals surface area contributed by atoms with E-state index in [-0.39, 0.29) is 12.8 Å². The van der Waals surface area contributed by atoms with E-state index in [9.17, 15) is 18.7 Å². The Hall–Kier alpha value is -2.31. The van der Waals surface area contributed by atoms with Gasteiger partial charge in [-0.05, 0) is 48.1 Å². The summed E-state index contributed by atoms with van der Waals surface area (Å²) < 4.78 is 28.1. The first kappa shape index (κ1) is 23.4. The number of benzene rings is 2. The van der Waals surface area contributed by atoms with Crippen LogP contribution in [-0.2, 0) is 16.9 Å². The van der Waals surface area contributed by atoms with E-state index in [1.807, 2.05) is 6.07 Å². The van der Waals surface area contributed by atoms with Gasteiger partial charge in [-0.15, -0.1) is 0 Å². The van der Waals surface area contributed by atoms with Gasteiger partial charge in [0.2, 0.25) is 5.92 Å². The second-order valence-corrected chi connectivity index (χ2v) is 10.6. The SMILES string of the molecule is O=C(NCC1C2CCC1CN(Cc1ccccc1)C2)[C@](O)(c1ccccc1)[C@@H]1CCC(F)(F)C1. The molecule has 2 unspecified atom stereocenters. The molecule has 34 heavy (non-hydrogen) atoms. The number of piperidine rings is 1. The van der Waals surface area contributed by atoms with Crippen LogP contribution in [0.5, 0.6) is 0 Å². The Labute approximate surface area is 200 Å². The highest BCUT2D eigenvalue weighted by atomic mass is 19.3. The number of hydrogen-bond donors (Lipinski definition) is 2. The van der Waals surface area contributed by atoms with Crippen molar-refractivity contribution in [3.8, 4) is 0 Å². The lowest BCUT2D eigenvalue weighted by Gasteiger charge is -2.39. The molecule has 1 aliphatic heterocycles. The van der Waals surface area contributed by atoms with Crippen molar-refractivity contribution < 1.29 is 18.7 Å². The number of carbonyl (C=O) groups is 1. The number of nitrogens with zero attached hydrogens (tertiary/aromatic N) is 1. The maximum atomic E-state index is 14.0. The Kier molecular flexibility index (Phi) is 6.47. The van der Waals surface area contributed by atoms with E-state index >= 15 is 0 Å². The van der Waals surface area contributed by atoms with Crippen molar-refractivity contribution in [2.24, 2.45) is 23.7 Å². The summed E-state index contributed by atoms with van der Waals surface area (Å²) in [6.45, 7) is 3.44. The van der Waals surface area contributed by atoms with Crippen LogP contribution in [0.1, 0.15) is 43.2 Å². The van der Waals surface area contributed by atoms with Crippen LogP contribution in [0.2, 0.25) is 0 Å². The highest BCUT2D eigenvalue weighted by molar-refractivity contribution is 5.86. The number of aliphatic hydroxyl groups is 1. The van der Waals surface area contributed by atoms with E-state index in [2.05, 4.69) is 34.5 Å². The fraction of sp³-hybridized carbons (Fsp3) is 0.536. The standard InChI is InChI=1S/C28H34F2N2O2/c29-27(30)14-13-24(15-27)28(34,23-9-5-2-6-10-23)26(33)31-16-25-21-11-12-22(25)19-32(18-21)17-20-7-3-1-4-8-20/h1-10,21-22,24-25,34H,11-19H2,(H,31,33)/t21?,22?,24-,25?,28+/m1/s1. The fourth-order valence-electron chi connectivity index (χ4n) is 6.63. The lowest BCUT2D eigenvalue weighted by Crippen LogP contribution is -2.52. The number of carbonyl (C=O) groups excluding carboxylic acids is 1. The lowest BCUT2D eigenvalue weighted by molar-refractivity contribution is -0.149. The van der Waals surface area contributed by atoms with Crippen LogP contribution in [-0.4, -0.2) is 41.5 Å². The number of alkyl halides is 2. The van der Waals surface area contributed by atoms with Crippen molar-refractivity contribution >= 4 is 5.91 Å². The number of rotatable bonds is 7. The van der Waals surface area contributed by atoms with E-state index in [1.165, 1.54) is 5.56 Å². The van der Waals surface area contributed by atoms with Gasteiger partial charge in [0.15, 0.2) is 5.60 Å². The molecule has 4 nitrogen and oxygen atoms in total. The van der Waals surface area contributed by atoms with Gasteiger partial charge in [-0.3, -0.25) is 9.69 Å². The predicted molar refractivity (Wildman–Crippen MR) is 127 cm³/mol. The number of nitrogens with one attached hydrogen (secondary N) is 1. The number of amides is 1. The quantitative estimate of drug-likeness (QED) is 0.625. The molecule has 1 heterocycles. The van der Waals surface area contributed by atoms with Gasteiger partial charge in [-0.2, -0.15) is 0 Å². The maximum Gasteiger partial charge on any atom is 0.256 e. The largest absolute Gasteiger partial charge is 0.375 e. The lowest BCUT2D eigenvalue weighted by atomic mass is 9.78. The Morgan fingerprint density at radius 3 is 2.21 bits per heavy atom. The first-order valence-corrected chi connectivity index (χ1v) is 12.6. The van der Waals surface area contributed by atoms with Crippen molar-refractivity contribution in [1.29, 1.82) is 0 Å². The summed E-state index contributed by atoms with van der Waals surface area (Å²) >= 11 is 0. The Morgan fingerprint density at radius 2 is 1.62 bits per heavy atom. The average Bonchev–Trinajstić information content (AvgIpc) is 3.33. The van der Waals surface area contributed by atoms with Crippen molar-refractivity contribution in [2.45, 2.75) is 50.2 Å². The summed E-state index contributed by atoms with van der Waals surface area (Å²) in [4.78, 5) is 15.9. The molecule has 3 fully saturated rings. The predicted octanol–water partition coefficient (Wildman–Crippen LogP) is 4.58. The van der Waals surface area contributed by atoms with Gasteiger partial charge in [0.25, 0.3) is 5.91 Å². The van der Waals surface area contributed by atoms with Crippen LogP contribution >= 0.6 is 0 Å². The average molecular weight is 469 g/mol. The van der Waals surface area contributed by atoms with E-state index in [0.29, 0.717) is 29.9 Å². The molecule has 182 valence electrons. The normalized spacial score (nSPS) is 30.1. The van der Waals surface area contributed by atoms with Crippen LogP contribution in [0.3, 0.4) is 0 Å². The summed E-state index contributed by atoms with van der Waals surface area (Å²) in [6.07, 6.45) is 1.68. The zero-order valence-corrected chi connectivity index (χ0v) is 19.5. The maximum absolute atomic E-state index is 14.0. The summed E-state index contributed by atoms with van der Waals surface area (Å²) in [5.41, 5.74) is -0.223. The van der Waals surface area contributed by atoms with Crippen LogP contribution < -0.4 is 5.32 Å². The first-order valence-electron chi connectivity index (χ1n) is 12.6. The summed E-state index contributed by atoms with van der Waals surface area (Å²) in [5, 5.41) is 14.6. The van der Waals surface area contributed by atoms with E-state index in [1.54, 1.807) is 30.3 Å². The molecule has 2 aromatic rings. The zero-order valence-electron chi connectivity index (χ0n) is 19.5. The Balaban J connectivity index is 1.25. The van der Waals surface area contributed by atoms with Crippen molar-refractivity contribution in [2.75, 3.05) is 19.6 Å². The summed E-state index contributed by atoms with van der Waals surface area (Å²) in [6, 6.07) is 19.1. The van der Waals surface area contributed by atoms with Crippen molar-refractivity contribution in [3.63, 3.8) is 0 Å². The molecular weight excluding hydrogens is 434 g/mol. The number of hydrogen-bond acceptors (Lipinski definition) is 3. The Bertz CT molecular complexity index is 972. The molecule has 5 rings (SSSR count). The molecule has 6 heteroatoms. The molecule has 2 bridgehead atoms.